The number of nitrogens with zero attached hydrogens (tertiary/aromatic N) is 3. The van der Waals surface area contributed by atoms with E-state index >= 15 is 4.79 Å². The summed E-state index contributed by atoms with van der Waals surface area (Å²) in [6.45, 7) is 18.4. The number of amides is 3. The van der Waals surface area contributed by atoms with Crippen molar-refractivity contribution in [3.8, 4) is 0 Å². The minimum absolute atomic E-state index is 0.00820. The molecule has 5 rings (SSSR count). The number of benzene rings is 2. The second kappa shape index (κ2) is 13.2. The first-order chi connectivity index (χ1) is 21.6. The summed E-state index contributed by atoms with van der Waals surface area (Å²) in [6.07, 6.45) is 4.90. The minimum Gasteiger partial charge on any atom is -0.394 e. The van der Waals surface area contributed by atoms with Crippen molar-refractivity contribution >= 4 is 40.9 Å². The number of carbonyl (C=O) groups excluding carboxylic acids is 3. The second-order valence-electron chi connectivity index (χ2n) is 13.0. The largest absolute Gasteiger partial charge is 0.394 e. The highest BCUT2D eigenvalue weighted by molar-refractivity contribution is 8.02. The molecule has 3 unspecified atom stereocenters. The van der Waals surface area contributed by atoms with Gasteiger partial charge >= 0.3 is 0 Å². The van der Waals surface area contributed by atoms with Crippen LogP contribution in [0.15, 0.2) is 73.8 Å². The first kappa shape index (κ1) is 33.0. The minimum atomic E-state index is -0.840. The van der Waals surface area contributed by atoms with Gasteiger partial charge in [-0.3, -0.25) is 14.4 Å². The van der Waals surface area contributed by atoms with E-state index in [-0.39, 0.29) is 48.0 Å². The van der Waals surface area contributed by atoms with Gasteiger partial charge in [0.25, 0.3) is 5.91 Å². The summed E-state index contributed by atoms with van der Waals surface area (Å²) in [5.41, 5.74) is 3.50. The molecule has 8 atom stereocenters. The van der Waals surface area contributed by atoms with Crippen molar-refractivity contribution in [3.05, 3.63) is 85.0 Å². The molecule has 0 radical (unpaired) electrons. The Morgan fingerprint density at radius 2 is 1.67 bits per heavy atom. The third-order valence-electron chi connectivity index (χ3n) is 10.5. The van der Waals surface area contributed by atoms with Crippen LogP contribution in [0.25, 0.3) is 0 Å². The maximum absolute atomic E-state index is 15.2. The molecule has 3 fully saturated rings. The van der Waals surface area contributed by atoms with E-state index in [0.717, 1.165) is 35.3 Å². The summed E-state index contributed by atoms with van der Waals surface area (Å²) in [5.74, 6) is -1.80. The molecule has 0 saturated carbocycles. The van der Waals surface area contributed by atoms with Crippen molar-refractivity contribution in [2.45, 2.75) is 69.5 Å². The van der Waals surface area contributed by atoms with E-state index in [1.807, 2.05) is 76.2 Å². The Hall–Kier alpha value is -3.36. The lowest BCUT2D eigenvalue weighted by Crippen LogP contribution is -2.60. The average molecular weight is 630 g/mol. The Kier molecular flexibility index (Phi) is 9.66. The van der Waals surface area contributed by atoms with Crippen LogP contribution in [0.3, 0.4) is 0 Å². The van der Waals surface area contributed by atoms with Gasteiger partial charge in [-0.05, 0) is 55.4 Å². The zero-order valence-corrected chi connectivity index (χ0v) is 28.0. The third kappa shape index (κ3) is 5.24. The number of carbonyl (C=O) groups is 3. The van der Waals surface area contributed by atoms with E-state index in [9.17, 15) is 14.7 Å². The fraction of sp³-hybridized carbons (Fsp3) is 0.486. The van der Waals surface area contributed by atoms with E-state index in [1.54, 1.807) is 38.6 Å². The Morgan fingerprint density at radius 3 is 2.24 bits per heavy atom. The number of anilines is 2. The number of aliphatic hydroxyl groups excluding tert-OH is 1. The van der Waals surface area contributed by atoms with Crippen LogP contribution in [0, 0.1) is 37.5 Å². The van der Waals surface area contributed by atoms with Crippen LogP contribution in [0.1, 0.15) is 44.7 Å². The van der Waals surface area contributed by atoms with E-state index in [4.69, 9.17) is 0 Å². The first-order valence-corrected chi connectivity index (χ1v) is 17.0. The summed E-state index contributed by atoms with van der Waals surface area (Å²) in [4.78, 5) is 50.0. The molecule has 1 N–H and O–H groups in total. The van der Waals surface area contributed by atoms with E-state index in [0.29, 0.717) is 6.54 Å². The molecule has 2 bridgehead atoms. The van der Waals surface area contributed by atoms with Gasteiger partial charge in [-0.2, -0.15) is 0 Å². The van der Waals surface area contributed by atoms with Crippen LogP contribution in [0.5, 0.6) is 0 Å². The number of aliphatic hydroxyl groups is 1. The van der Waals surface area contributed by atoms with Gasteiger partial charge in [-0.1, -0.05) is 75.7 Å². The lowest BCUT2D eigenvalue weighted by Gasteiger charge is -2.43. The van der Waals surface area contributed by atoms with Crippen molar-refractivity contribution in [2.75, 3.05) is 29.5 Å². The molecule has 0 aliphatic carbocycles. The quantitative estimate of drug-likeness (QED) is 0.301. The lowest BCUT2D eigenvalue weighted by molar-refractivity contribution is -0.143. The summed E-state index contributed by atoms with van der Waals surface area (Å²) in [7, 11) is 0. The molecule has 3 heterocycles. The van der Waals surface area contributed by atoms with Gasteiger partial charge in [-0.25, -0.2) is 0 Å². The molecule has 7 nitrogen and oxygen atoms in total. The monoisotopic (exact) mass is 629 g/mol. The molecule has 45 heavy (non-hydrogen) atoms. The molecule has 3 saturated heterocycles. The number of hydrogen-bond donors (Lipinski definition) is 1. The fourth-order valence-corrected chi connectivity index (χ4v) is 10.6. The number of aryl methyl sites for hydroxylation is 2. The molecule has 0 aromatic heterocycles. The normalized spacial score (nSPS) is 28.0. The van der Waals surface area contributed by atoms with Gasteiger partial charge in [0, 0.05) is 29.7 Å². The maximum Gasteiger partial charge on any atom is 0.251 e. The second-order valence-corrected chi connectivity index (χ2v) is 14.5. The highest BCUT2D eigenvalue weighted by atomic mass is 32.2. The Bertz CT molecular complexity index is 1440. The molecule has 1 spiro atoms. The van der Waals surface area contributed by atoms with Crippen LogP contribution >= 0.6 is 11.8 Å². The summed E-state index contributed by atoms with van der Waals surface area (Å²) < 4.78 is -0.813. The van der Waals surface area contributed by atoms with Gasteiger partial charge in [0.2, 0.25) is 11.8 Å². The summed E-state index contributed by atoms with van der Waals surface area (Å²) in [5, 5.41) is 10.7. The van der Waals surface area contributed by atoms with Crippen LogP contribution in [0.2, 0.25) is 0 Å². The van der Waals surface area contributed by atoms with E-state index in [2.05, 4.69) is 20.1 Å². The van der Waals surface area contributed by atoms with Crippen molar-refractivity contribution in [2.24, 2.45) is 23.7 Å². The highest BCUT2D eigenvalue weighted by Gasteiger charge is 2.77. The number of likely N-dealkylation sites (tertiary alicyclic amines) is 1. The van der Waals surface area contributed by atoms with Gasteiger partial charge in [0.05, 0.1) is 29.2 Å². The molecular weight excluding hydrogens is 582 g/mol. The van der Waals surface area contributed by atoms with Crippen LogP contribution in [-0.4, -0.2) is 69.5 Å². The molecule has 8 heteroatoms. The molecule has 240 valence electrons. The number of rotatable bonds is 12. The number of fused-ring (bicyclic) bond motifs is 1. The fourth-order valence-electron chi connectivity index (χ4n) is 8.23. The smallest absolute Gasteiger partial charge is 0.251 e. The Labute approximate surface area is 272 Å². The van der Waals surface area contributed by atoms with E-state index < -0.39 is 28.7 Å². The average Bonchev–Trinajstić information content (AvgIpc) is 3.63. The highest BCUT2D eigenvalue weighted by Crippen LogP contribution is 2.69. The number of hydrogen-bond acceptors (Lipinski definition) is 5. The molecular formula is C37H47N3O4S. The van der Waals surface area contributed by atoms with Crippen molar-refractivity contribution in [1.29, 1.82) is 0 Å². The van der Waals surface area contributed by atoms with Crippen LogP contribution < -0.4 is 9.80 Å². The summed E-state index contributed by atoms with van der Waals surface area (Å²) in [6, 6.07) is 14.1. The third-order valence-corrected chi connectivity index (χ3v) is 12.6. The zero-order valence-electron chi connectivity index (χ0n) is 27.2. The molecule has 2 aromatic rings. The summed E-state index contributed by atoms with van der Waals surface area (Å²) >= 11 is 1.66. The van der Waals surface area contributed by atoms with Gasteiger partial charge in [-0.15, -0.1) is 24.9 Å². The topological polar surface area (TPSA) is 81.2 Å². The predicted molar refractivity (Wildman–Crippen MR) is 183 cm³/mol. The maximum atomic E-state index is 15.2. The van der Waals surface area contributed by atoms with Crippen molar-refractivity contribution in [3.63, 3.8) is 0 Å². The lowest BCUT2D eigenvalue weighted by atomic mass is 9.65. The van der Waals surface area contributed by atoms with Gasteiger partial charge in [0.15, 0.2) is 0 Å². The van der Waals surface area contributed by atoms with Crippen LogP contribution in [0.4, 0.5) is 11.4 Å². The standard InChI is InChI=1S/C37H47N3O4S/c1-8-19-38(27-17-12-11-13-18-27)34(42)30-29-21-26(7)37(45-29)31(30)35(43)40(28(22-41)23(4)10-3)33(37)36(44)39(20-9-2)32-24(5)15-14-16-25(32)6/h8-9,11-18,23,26,28-31,33,41H,1-2,10,19-22H2,3-7H3/t23-,26?,28-,29-,30+,31-,33?,37?/m0/s1. The van der Waals surface area contributed by atoms with Gasteiger partial charge in [0.1, 0.15) is 6.04 Å². The Balaban J connectivity index is 1.67. The SMILES string of the molecule is C=CCN(C(=O)[C@@H]1[C@@H]2CC(C)C3(S2)C(C(=O)N(CC=C)c2c(C)cccc2C)N([C@@H](CO)[C@@H](C)CC)C(=O)[C@H]13)c1ccccc1. The molecule has 3 aliphatic rings. The first-order valence-electron chi connectivity index (χ1n) is 16.1. The van der Waals surface area contributed by atoms with Crippen LogP contribution in [-0.2, 0) is 14.4 Å². The number of thioether (sulfide) groups is 1. The predicted octanol–water partition coefficient (Wildman–Crippen LogP) is 5.79. The number of para-hydroxylation sites is 2. The molecule has 3 amide bonds. The zero-order chi connectivity index (χ0) is 32.6. The van der Waals surface area contributed by atoms with E-state index in [1.165, 1.54) is 0 Å². The molecule has 2 aromatic carbocycles. The Morgan fingerprint density at radius 1 is 1.04 bits per heavy atom. The van der Waals surface area contributed by atoms with Gasteiger partial charge < -0.3 is 19.8 Å². The van der Waals surface area contributed by atoms with Crippen molar-refractivity contribution < 1.29 is 19.5 Å². The van der Waals surface area contributed by atoms with Crippen molar-refractivity contribution in [1.82, 2.24) is 4.90 Å². The molecule has 3 aliphatic heterocycles.